The predicted octanol–water partition coefficient (Wildman–Crippen LogP) is 2.57. The smallest absolute Gasteiger partial charge is 0.287 e. The molecule has 9 heteroatoms. The Morgan fingerprint density at radius 1 is 1.52 bits per heavy atom. The van der Waals surface area contributed by atoms with Gasteiger partial charge in [-0.25, -0.2) is 11.6 Å². The lowest BCUT2D eigenvalue weighted by molar-refractivity contribution is -0.121. The SMILES string of the molecule is [C-]#[N+]C[C@@H]1CSC(=O)N1c1cn2c(n1)-c1ccc(C[C@@H](C)C(N)=O)cc1OCC2. The van der Waals surface area contributed by atoms with Crippen molar-refractivity contribution in [3.05, 3.63) is 41.4 Å². The molecule has 2 amide bonds. The molecule has 0 aliphatic carbocycles. The van der Waals surface area contributed by atoms with Gasteiger partial charge in [0.2, 0.25) is 12.5 Å². The van der Waals surface area contributed by atoms with Crippen molar-refractivity contribution in [1.82, 2.24) is 9.55 Å². The molecule has 0 spiro atoms. The number of anilines is 1. The van der Waals surface area contributed by atoms with Crippen LogP contribution < -0.4 is 15.4 Å². The van der Waals surface area contributed by atoms with Gasteiger partial charge in [0, 0.05) is 17.9 Å². The molecule has 1 aromatic heterocycles. The van der Waals surface area contributed by atoms with Gasteiger partial charge in [-0.3, -0.25) is 14.5 Å². The maximum absolute atomic E-state index is 12.4. The van der Waals surface area contributed by atoms with Crippen LogP contribution in [0.4, 0.5) is 10.6 Å². The van der Waals surface area contributed by atoms with E-state index in [9.17, 15) is 9.59 Å². The second kappa shape index (κ2) is 7.79. The van der Waals surface area contributed by atoms with E-state index in [1.54, 1.807) is 11.8 Å². The van der Waals surface area contributed by atoms with Gasteiger partial charge in [-0.05, 0) is 24.1 Å². The molecule has 1 saturated heterocycles. The van der Waals surface area contributed by atoms with E-state index in [0.29, 0.717) is 36.9 Å². The van der Waals surface area contributed by atoms with Gasteiger partial charge in [-0.2, -0.15) is 0 Å². The van der Waals surface area contributed by atoms with E-state index in [1.807, 2.05) is 29.0 Å². The molecule has 1 fully saturated rings. The molecule has 0 saturated carbocycles. The number of nitrogens with zero attached hydrogens (tertiary/aromatic N) is 4. The topological polar surface area (TPSA) is 94.8 Å². The summed E-state index contributed by atoms with van der Waals surface area (Å²) in [5, 5.41) is -0.0702. The van der Waals surface area contributed by atoms with E-state index in [1.165, 1.54) is 11.8 Å². The van der Waals surface area contributed by atoms with Crippen molar-refractivity contribution in [1.29, 1.82) is 0 Å². The fourth-order valence-corrected chi connectivity index (χ4v) is 4.56. The first-order valence-corrected chi connectivity index (χ1v) is 10.4. The Bertz CT molecular complexity index is 1010. The number of imidazole rings is 1. The van der Waals surface area contributed by atoms with Crippen LogP contribution in [-0.2, 0) is 17.8 Å². The number of carbonyl (C=O) groups excluding carboxylic acids is 2. The third-order valence-electron chi connectivity index (χ3n) is 5.18. The number of fused-ring (bicyclic) bond motifs is 3. The molecule has 0 radical (unpaired) electrons. The first-order valence-electron chi connectivity index (χ1n) is 9.39. The summed E-state index contributed by atoms with van der Waals surface area (Å²) >= 11 is 1.23. The molecule has 0 bridgehead atoms. The number of amides is 2. The average Bonchev–Trinajstić information content (AvgIpc) is 3.21. The summed E-state index contributed by atoms with van der Waals surface area (Å²) in [4.78, 5) is 33.6. The fraction of sp³-hybridized carbons (Fsp3) is 0.400. The summed E-state index contributed by atoms with van der Waals surface area (Å²) in [6.45, 7) is 10.3. The van der Waals surface area contributed by atoms with E-state index in [-0.39, 0.29) is 29.7 Å². The molecule has 2 aliphatic rings. The van der Waals surface area contributed by atoms with Crippen LogP contribution in [0.25, 0.3) is 16.2 Å². The van der Waals surface area contributed by atoms with E-state index < -0.39 is 0 Å². The lowest BCUT2D eigenvalue weighted by Crippen LogP contribution is -2.35. The zero-order chi connectivity index (χ0) is 20.5. The third-order valence-corrected chi connectivity index (χ3v) is 6.17. The zero-order valence-electron chi connectivity index (χ0n) is 16.0. The van der Waals surface area contributed by atoms with Crippen LogP contribution in [0.3, 0.4) is 0 Å². The van der Waals surface area contributed by atoms with Gasteiger partial charge in [-0.15, -0.1) is 0 Å². The fourth-order valence-electron chi connectivity index (χ4n) is 3.59. The monoisotopic (exact) mass is 411 g/mol. The van der Waals surface area contributed by atoms with Crippen LogP contribution in [0.5, 0.6) is 5.75 Å². The standard InChI is InChI=1S/C20H21N5O3S/c1-12(18(21)26)7-13-3-4-15-16(8-13)28-6-5-24-10-17(23-19(15)24)25-14(9-22-2)11-29-20(25)27/h3-4,8,10,12,14H,5-7,9,11H2,1H3,(H2,21,26)/t12-,14-/m1/s1. The number of benzene rings is 1. The number of ether oxygens (including phenoxy) is 1. The number of carbonyl (C=O) groups is 2. The molecule has 29 heavy (non-hydrogen) atoms. The van der Waals surface area contributed by atoms with Crippen LogP contribution in [0.15, 0.2) is 24.4 Å². The predicted molar refractivity (Wildman–Crippen MR) is 111 cm³/mol. The van der Waals surface area contributed by atoms with Gasteiger partial charge < -0.3 is 19.9 Å². The maximum Gasteiger partial charge on any atom is 0.287 e. The van der Waals surface area contributed by atoms with Crippen molar-refractivity contribution in [3.8, 4) is 17.1 Å². The number of hydrogen-bond acceptors (Lipinski definition) is 5. The summed E-state index contributed by atoms with van der Waals surface area (Å²) in [5.41, 5.74) is 7.19. The summed E-state index contributed by atoms with van der Waals surface area (Å²) in [6.07, 6.45) is 2.40. The lowest BCUT2D eigenvalue weighted by atomic mass is 9.99. The Balaban J connectivity index is 1.68. The number of primary amides is 1. The van der Waals surface area contributed by atoms with Gasteiger partial charge in [0.05, 0.1) is 12.1 Å². The first-order chi connectivity index (χ1) is 14.0. The average molecular weight is 411 g/mol. The van der Waals surface area contributed by atoms with Gasteiger partial charge in [0.1, 0.15) is 24.2 Å². The highest BCUT2D eigenvalue weighted by Gasteiger charge is 2.37. The molecule has 1 aromatic carbocycles. The molecule has 150 valence electrons. The Morgan fingerprint density at radius 2 is 2.34 bits per heavy atom. The Hall–Kier alpha value is -2.99. The molecular formula is C20H21N5O3S. The van der Waals surface area contributed by atoms with Gasteiger partial charge in [-0.1, -0.05) is 24.8 Å². The number of thioether (sulfide) groups is 1. The minimum Gasteiger partial charge on any atom is -0.491 e. The molecule has 0 unspecified atom stereocenters. The van der Waals surface area contributed by atoms with Crippen LogP contribution >= 0.6 is 11.8 Å². The highest BCUT2D eigenvalue weighted by atomic mass is 32.2. The van der Waals surface area contributed by atoms with E-state index in [4.69, 9.17) is 22.0 Å². The second-order valence-corrected chi connectivity index (χ2v) is 8.22. The first kappa shape index (κ1) is 19.3. The molecule has 2 aliphatic heterocycles. The highest BCUT2D eigenvalue weighted by molar-refractivity contribution is 8.14. The van der Waals surface area contributed by atoms with Crippen molar-refractivity contribution in [2.45, 2.75) is 25.9 Å². The lowest BCUT2D eigenvalue weighted by Gasteiger charge is -2.17. The van der Waals surface area contributed by atoms with Crippen molar-refractivity contribution in [2.75, 3.05) is 23.8 Å². The molecule has 3 heterocycles. The third kappa shape index (κ3) is 3.68. The Labute approximate surface area is 172 Å². The van der Waals surface area contributed by atoms with E-state index >= 15 is 0 Å². The normalized spacial score (nSPS) is 19.0. The van der Waals surface area contributed by atoms with Crippen LogP contribution in [-0.4, -0.2) is 45.6 Å². The van der Waals surface area contributed by atoms with Crippen LogP contribution in [0, 0.1) is 12.5 Å². The highest BCUT2D eigenvalue weighted by Crippen LogP contribution is 2.37. The number of nitrogens with two attached hydrogens (primary N) is 1. The van der Waals surface area contributed by atoms with Gasteiger partial charge >= 0.3 is 0 Å². The van der Waals surface area contributed by atoms with Crippen molar-refractivity contribution in [2.24, 2.45) is 11.7 Å². The minimum absolute atomic E-state index is 0.0702. The van der Waals surface area contributed by atoms with Crippen molar-refractivity contribution >= 4 is 28.7 Å². The van der Waals surface area contributed by atoms with Crippen molar-refractivity contribution < 1.29 is 14.3 Å². The molecular weight excluding hydrogens is 390 g/mol. The number of rotatable bonds is 5. The maximum atomic E-state index is 12.4. The molecule has 2 aromatic rings. The molecule has 4 rings (SSSR count). The van der Waals surface area contributed by atoms with Crippen LogP contribution in [0.1, 0.15) is 12.5 Å². The molecule has 8 nitrogen and oxygen atoms in total. The minimum atomic E-state index is -0.330. The largest absolute Gasteiger partial charge is 0.491 e. The van der Waals surface area contributed by atoms with Crippen LogP contribution in [0.2, 0.25) is 0 Å². The van der Waals surface area contributed by atoms with E-state index in [0.717, 1.165) is 17.0 Å². The quantitative estimate of drug-likeness (QED) is 0.763. The Kier molecular flexibility index (Phi) is 5.20. The zero-order valence-corrected chi connectivity index (χ0v) is 16.8. The summed E-state index contributed by atoms with van der Waals surface area (Å²) in [7, 11) is 0. The van der Waals surface area contributed by atoms with Crippen molar-refractivity contribution in [3.63, 3.8) is 0 Å². The van der Waals surface area contributed by atoms with Gasteiger partial charge in [0.25, 0.3) is 5.24 Å². The summed E-state index contributed by atoms with van der Waals surface area (Å²) < 4.78 is 7.90. The Morgan fingerprint density at radius 3 is 3.10 bits per heavy atom. The molecule has 2 atom stereocenters. The van der Waals surface area contributed by atoms with E-state index in [2.05, 4.69) is 4.85 Å². The summed E-state index contributed by atoms with van der Waals surface area (Å²) in [5.74, 6) is 2.02. The number of aromatic nitrogens is 2. The van der Waals surface area contributed by atoms with Gasteiger partial charge in [0.15, 0.2) is 5.82 Å². The number of hydrogen-bond donors (Lipinski definition) is 1. The summed E-state index contributed by atoms with van der Waals surface area (Å²) in [6, 6.07) is 5.66. The second-order valence-electron chi connectivity index (χ2n) is 7.24. The molecule has 2 N–H and O–H groups in total.